The van der Waals surface area contributed by atoms with E-state index in [0.29, 0.717) is 0 Å². The van der Waals surface area contributed by atoms with Gasteiger partial charge in [-0.25, -0.2) is 4.79 Å². The molecule has 0 aromatic heterocycles. The summed E-state index contributed by atoms with van der Waals surface area (Å²) in [5.41, 5.74) is -1.29. The molecule has 0 unspecified atom stereocenters. The molecule has 0 N–H and O–H groups in total. The lowest BCUT2D eigenvalue weighted by Crippen LogP contribution is -2.19. The largest absolute Gasteiger partial charge is 0.486 e. The molecule has 0 bridgehead atoms. The van der Waals surface area contributed by atoms with Gasteiger partial charge in [0.15, 0.2) is 22.9 Å². The highest BCUT2D eigenvalue weighted by molar-refractivity contribution is 6.06. The topological polar surface area (TPSA) is 52.6 Å². The van der Waals surface area contributed by atoms with Gasteiger partial charge in [-0.1, -0.05) is 30.3 Å². The Balaban J connectivity index is 2.45. The molecule has 1 aliphatic rings. The van der Waals surface area contributed by atoms with Crippen molar-refractivity contribution in [2.75, 3.05) is 0 Å². The molecule has 122 valence electrons. The summed E-state index contributed by atoms with van der Waals surface area (Å²) >= 11 is 0. The minimum Gasteiger partial charge on any atom is -0.486 e. The second kappa shape index (κ2) is 6.28. The molecule has 0 fully saturated rings. The number of benzene rings is 1. The minimum absolute atomic E-state index is 0.250. The average molecular weight is 326 g/mol. The van der Waals surface area contributed by atoms with Crippen LogP contribution < -0.4 is 0 Å². The van der Waals surface area contributed by atoms with E-state index in [2.05, 4.69) is 4.74 Å². The Morgan fingerprint density at radius 3 is 2.35 bits per heavy atom. The number of halogens is 3. The smallest absolute Gasteiger partial charge is 0.427 e. The first-order valence-corrected chi connectivity index (χ1v) is 6.72. The molecule has 1 aromatic carbocycles. The monoisotopic (exact) mass is 326 g/mol. The standard InChI is InChI=1S/C16H13F3O4/c1-9(2)22-14-12(23-15(21)13(14)16(17,18)19)8-11(20)10-6-4-3-5-7-10/h3-9H,1-2H3. The van der Waals surface area contributed by atoms with Gasteiger partial charge in [0.05, 0.1) is 6.10 Å². The Hall–Kier alpha value is -2.57. The van der Waals surface area contributed by atoms with E-state index < -0.39 is 41.1 Å². The van der Waals surface area contributed by atoms with Crippen molar-refractivity contribution in [3.63, 3.8) is 0 Å². The fourth-order valence-corrected chi connectivity index (χ4v) is 1.91. The van der Waals surface area contributed by atoms with Crippen molar-refractivity contribution in [2.45, 2.75) is 26.1 Å². The number of allylic oxidation sites excluding steroid dienone is 1. The van der Waals surface area contributed by atoms with E-state index in [0.717, 1.165) is 6.08 Å². The maximum atomic E-state index is 13.0. The zero-order chi connectivity index (χ0) is 17.2. The molecular formula is C16H13F3O4. The number of ketones is 1. The molecule has 2 rings (SSSR count). The fourth-order valence-electron chi connectivity index (χ4n) is 1.91. The number of carbonyl (C=O) groups excluding carboxylic acids is 2. The molecule has 0 radical (unpaired) electrons. The van der Waals surface area contributed by atoms with Crippen LogP contribution in [0.25, 0.3) is 0 Å². The zero-order valence-corrected chi connectivity index (χ0v) is 12.3. The third-order valence-corrected chi connectivity index (χ3v) is 2.82. The van der Waals surface area contributed by atoms with E-state index in [-0.39, 0.29) is 5.56 Å². The molecule has 0 aliphatic carbocycles. The Bertz CT molecular complexity index is 685. The summed E-state index contributed by atoms with van der Waals surface area (Å²) in [4.78, 5) is 23.6. The van der Waals surface area contributed by atoms with Crippen LogP contribution in [0.2, 0.25) is 0 Å². The van der Waals surface area contributed by atoms with Gasteiger partial charge in [0.2, 0.25) is 0 Å². The summed E-state index contributed by atoms with van der Waals surface area (Å²) in [6.45, 7) is 3.00. The number of alkyl halides is 3. The summed E-state index contributed by atoms with van der Waals surface area (Å²) in [7, 11) is 0. The molecule has 0 amide bonds. The highest BCUT2D eigenvalue weighted by atomic mass is 19.4. The first-order chi connectivity index (χ1) is 10.7. The molecular weight excluding hydrogens is 313 g/mol. The Morgan fingerprint density at radius 1 is 1.22 bits per heavy atom. The molecule has 0 saturated carbocycles. The molecule has 7 heteroatoms. The Kier molecular flexibility index (Phi) is 4.58. The minimum atomic E-state index is -4.94. The van der Waals surface area contributed by atoms with Crippen LogP contribution in [0.1, 0.15) is 24.2 Å². The van der Waals surface area contributed by atoms with Gasteiger partial charge in [-0.15, -0.1) is 0 Å². The number of esters is 1. The van der Waals surface area contributed by atoms with E-state index in [4.69, 9.17) is 4.74 Å². The molecule has 1 aromatic rings. The van der Waals surface area contributed by atoms with Crippen molar-refractivity contribution in [3.05, 3.63) is 59.1 Å². The SMILES string of the molecule is CC(C)OC1=C(C(F)(F)F)C(=O)OC1=CC(=O)c1ccccc1. The number of hydrogen-bond donors (Lipinski definition) is 0. The van der Waals surface area contributed by atoms with Crippen molar-refractivity contribution in [2.24, 2.45) is 0 Å². The molecule has 0 saturated heterocycles. The van der Waals surface area contributed by atoms with Gasteiger partial charge in [0, 0.05) is 11.6 Å². The van der Waals surface area contributed by atoms with Crippen molar-refractivity contribution < 1.29 is 32.2 Å². The van der Waals surface area contributed by atoms with E-state index >= 15 is 0 Å². The molecule has 1 heterocycles. The van der Waals surface area contributed by atoms with Gasteiger partial charge in [-0.05, 0) is 13.8 Å². The summed E-state index contributed by atoms with van der Waals surface area (Å²) in [6.07, 6.45) is -4.75. The maximum absolute atomic E-state index is 13.0. The molecule has 0 spiro atoms. The third kappa shape index (κ3) is 3.80. The van der Waals surface area contributed by atoms with Crippen molar-refractivity contribution in [1.82, 2.24) is 0 Å². The maximum Gasteiger partial charge on any atom is 0.427 e. The van der Waals surface area contributed by atoms with E-state index in [1.165, 1.54) is 26.0 Å². The second-order valence-electron chi connectivity index (χ2n) is 5.00. The Morgan fingerprint density at radius 2 is 1.83 bits per heavy atom. The van der Waals surface area contributed by atoms with Crippen molar-refractivity contribution >= 4 is 11.8 Å². The van der Waals surface area contributed by atoms with Gasteiger partial charge in [-0.2, -0.15) is 13.2 Å². The zero-order valence-electron chi connectivity index (χ0n) is 12.3. The lowest BCUT2D eigenvalue weighted by Gasteiger charge is -2.12. The van der Waals surface area contributed by atoms with Gasteiger partial charge in [0.1, 0.15) is 0 Å². The summed E-state index contributed by atoms with van der Waals surface area (Å²) in [5.74, 6) is -3.48. The second-order valence-corrected chi connectivity index (χ2v) is 5.00. The summed E-state index contributed by atoms with van der Waals surface area (Å²) < 4.78 is 48.6. The van der Waals surface area contributed by atoms with Gasteiger partial charge < -0.3 is 9.47 Å². The molecule has 23 heavy (non-hydrogen) atoms. The predicted molar refractivity (Wildman–Crippen MR) is 74.2 cm³/mol. The highest BCUT2D eigenvalue weighted by Crippen LogP contribution is 2.38. The van der Waals surface area contributed by atoms with Crippen LogP contribution in [-0.4, -0.2) is 24.0 Å². The highest BCUT2D eigenvalue weighted by Gasteiger charge is 2.49. The first kappa shape index (κ1) is 16.8. The first-order valence-electron chi connectivity index (χ1n) is 6.72. The quantitative estimate of drug-likeness (QED) is 0.482. The number of rotatable bonds is 4. The van der Waals surface area contributed by atoms with E-state index in [1.807, 2.05) is 0 Å². The summed E-state index contributed by atoms with van der Waals surface area (Å²) in [6, 6.07) is 7.89. The van der Waals surface area contributed by atoms with Crippen LogP contribution in [0.4, 0.5) is 13.2 Å². The molecule has 0 atom stereocenters. The number of cyclic esters (lactones) is 1. The van der Waals surface area contributed by atoms with Crippen LogP contribution in [0, 0.1) is 0 Å². The summed E-state index contributed by atoms with van der Waals surface area (Å²) in [5, 5.41) is 0. The fraction of sp³-hybridized carbons (Fsp3) is 0.250. The normalized spacial score (nSPS) is 17.0. The van der Waals surface area contributed by atoms with Gasteiger partial charge >= 0.3 is 12.1 Å². The van der Waals surface area contributed by atoms with Gasteiger partial charge in [-0.3, -0.25) is 4.79 Å². The van der Waals surface area contributed by atoms with Crippen LogP contribution >= 0.6 is 0 Å². The lowest BCUT2D eigenvalue weighted by atomic mass is 10.1. The Labute approximate surface area is 130 Å². The van der Waals surface area contributed by atoms with E-state index in [9.17, 15) is 22.8 Å². The van der Waals surface area contributed by atoms with Crippen LogP contribution in [0.3, 0.4) is 0 Å². The van der Waals surface area contributed by atoms with Crippen LogP contribution in [0.5, 0.6) is 0 Å². The predicted octanol–water partition coefficient (Wildman–Crippen LogP) is 3.55. The van der Waals surface area contributed by atoms with E-state index in [1.54, 1.807) is 18.2 Å². The third-order valence-electron chi connectivity index (χ3n) is 2.82. The molecule has 4 nitrogen and oxygen atoms in total. The lowest BCUT2D eigenvalue weighted by molar-refractivity contribution is -0.144. The number of carbonyl (C=O) groups is 2. The van der Waals surface area contributed by atoms with Gasteiger partial charge in [0.25, 0.3) is 0 Å². The van der Waals surface area contributed by atoms with Crippen molar-refractivity contribution in [1.29, 1.82) is 0 Å². The average Bonchev–Trinajstić information content (AvgIpc) is 2.74. The molecule has 1 aliphatic heterocycles. The van der Waals surface area contributed by atoms with Crippen LogP contribution in [0.15, 0.2) is 53.5 Å². The number of hydrogen-bond acceptors (Lipinski definition) is 4. The van der Waals surface area contributed by atoms with Crippen LogP contribution in [-0.2, 0) is 14.3 Å². The number of ether oxygens (including phenoxy) is 2. The van der Waals surface area contributed by atoms with Crippen molar-refractivity contribution in [3.8, 4) is 0 Å².